The molecule has 0 amide bonds. The third-order valence-corrected chi connectivity index (χ3v) is 4.29. The third kappa shape index (κ3) is 3.63. The first-order valence-corrected chi connectivity index (χ1v) is 8.40. The molecule has 0 fully saturated rings. The predicted molar refractivity (Wildman–Crippen MR) is 103 cm³/mol. The van der Waals surface area contributed by atoms with Gasteiger partial charge in [0.1, 0.15) is 17.3 Å². The molecule has 0 saturated heterocycles. The molecule has 2 N–H and O–H groups in total. The summed E-state index contributed by atoms with van der Waals surface area (Å²) in [5, 5.41) is 19.8. The Bertz CT molecular complexity index is 948. The van der Waals surface area contributed by atoms with Crippen LogP contribution in [0.2, 0.25) is 0 Å². The van der Waals surface area contributed by atoms with Gasteiger partial charge in [0.15, 0.2) is 11.3 Å². The predicted octanol–water partition coefficient (Wildman–Crippen LogP) is 3.62. The quantitative estimate of drug-likeness (QED) is 0.661. The van der Waals surface area contributed by atoms with Crippen LogP contribution < -0.4 is 14.2 Å². The molecule has 2 aromatic carbocycles. The van der Waals surface area contributed by atoms with Crippen LogP contribution in [0.25, 0.3) is 28.4 Å². The van der Waals surface area contributed by atoms with Gasteiger partial charge in [0.25, 0.3) is 0 Å². The second kappa shape index (κ2) is 8.16. The molecule has 0 aliphatic carbocycles. The molecule has 0 radical (unpaired) electrons. The van der Waals surface area contributed by atoms with Crippen molar-refractivity contribution in [1.29, 1.82) is 0 Å². The Hall–Kier alpha value is -2.96. The Morgan fingerprint density at radius 1 is 0.926 bits per heavy atom. The first-order valence-electron chi connectivity index (χ1n) is 8.40. The lowest BCUT2D eigenvalue weighted by Gasteiger charge is -2.08. The van der Waals surface area contributed by atoms with Gasteiger partial charge in [0.2, 0.25) is 0 Å². The highest BCUT2D eigenvalue weighted by Gasteiger charge is 2.20. The number of aliphatic hydroxyl groups excluding tert-OH is 2. The summed E-state index contributed by atoms with van der Waals surface area (Å²) >= 11 is 0. The van der Waals surface area contributed by atoms with E-state index in [0.29, 0.717) is 34.2 Å². The van der Waals surface area contributed by atoms with Gasteiger partial charge in [-0.15, -0.1) is 0 Å². The lowest BCUT2D eigenvalue weighted by molar-refractivity contribution is 0.282. The maximum Gasteiger partial charge on any atom is 0.177 e. The number of furan rings is 1. The monoisotopic (exact) mass is 370 g/mol. The van der Waals surface area contributed by atoms with Crippen molar-refractivity contribution in [1.82, 2.24) is 0 Å². The van der Waals surface area contributed by atoms with E-state index in [9.17, 15) is 5.11 Å². The van der Waals surface area contributed by atoms with Gasteiger partial charge in [-0.3, -0.25) is 0 Å². The van der Waals surface area contributed by atoms with Crippen LogP contribution >= 0.6 is 0 Å². The molecule has 3 rings (SSSR count). The molecule has 0 saturated carbocycles. The summed E-state index contributed by atoms with van der Waals surface area (Å²) in [4.78, 5) is 0. The topological polar surface area (TPSA) is 81.3 Å². The zero-order valence-electron chi connectivity index (χ0n) is 15.5. The third-order valence-electron chi connectivity index (χ3n) is 4.29. The van der Waals surface area contributed by atoms with Gasteiger partial charge in [0, 0.05) is 22.6 Å². The van der Waals surface area contributed by atoms with Crippen molar-refractivity contribution in [3.63, 3.8) is 0 Å². The van der Waals surface area contributed by atoms with Crippen molar-refractivity contribution in [2.75, 3.05) is 27.9 Å². The van der Waals surface area contributed by atoms with Gasteiger partial charge in [-0.25, -0.2) is 0 Å². The molecule has 27 heavy (non-hydrogen) atoms. The minimum atomic E-state index is -0.210. The number of benzene rings is 2. The molecule has 3 aromatic rings. The second-order valence-corrected chi connectivity index (χ2v) is 5.85. The minimum absolute atomic E-state index is 0.0621. The zero-order chi connectivity index (χ0) is 19.4. The molecule has 0 aliphatic heterocycles. The van der Waals surface area contributed by atoms with Crippen molar-refractivity contribution in [2.45, 2.75) is 6.61 Å². The molecule has 0 spiro atoms. The SMILES string of the molecule is COc1cc(OC)cc(-c2oc3c(OC)cc(/C=C/CO)cc3c2CO)c1. The Kier molecular flexibility index (Phi) is 5.69. The summed E-state index contributed by atoms with van der Waals surface area (Å²) < 4.78 is 22.2. The molecule has 6 nitrogen and oxygen atoms in total. The maximum absolute atomic E-state index is 10.0. The molecule has 1 heterocycles. The highest BCUT2D eigenvalue weighted by atomic mass is 16.5. The van der Waals surface area contributed by atoms with Crippen molar-refractivity contribution in [3.05, 3.63) is 47.5 Å². The molecule has 0 unspecified atom stereocenters. The molecular weight excluding hydrogens is 348 g/mol. The Labute approximate surface area is 157 Å². The normalized spacial score (nSPS) is 11.3. The maximum atomic E-state index is 10.0. The van der Waals surface area contributed by atoms with Crippen molar-refractivity contribution in [2.24, 2.45) is 0 Å². The second-order valence-electron chi connectivity index (χ2n) is 5.85. The van der Waals surface area contributed by atoms with Crippen LogP contribution in [0.4, 0.5) is 0 Å². The van der Waals surface area contributed by atoms with E-state index in [1.807, 2.05) is 24.3 Å². The molecule has 142 valence electrons. The number of rotatable bonds is 7. The number of aliphatic hydroxyl groups is 2. The molecular formula is C21H22O6. The van der Waals surface area contributed by atoms with Crippen LogP contribution in [0.5, 0.6) is 17.2 Å². The molecule has 0 bridgehead atoms. The first kappa shape index (κ1) is 18.8. The van der Waals surface area contributed by atoms with Crippen LogP contribution in [-0.2, 0) is 6.61 Å². The minimum Gasteiger partial charge on any atom is -0.497 e. The fourth-order valence-corrected chi connectivity index (χ4v) is 3.00. The van der Waals surface area contributed by atoms with Crippen LogP contribution in [0.1, 0.15) is 11.1 Å². The smallest absolute Gasteiger partial charge is 0.177 e. The van der Waals surface area contributed by atoms with E-state index in [4.69, 9.17) is 23.7 Å². The Morgan fingerprint density at radius 3 is 2.19 bits per heavy atom. The Morgan fingerprint density at radius 2 is 1.63 bits per heavy atom. The number of methoxy groups -OCH3 is 3. The lowest BCUT2D eigenvalue weighted by atomic mass is 10.0. The standard InChI is InChI=1S/C21H22O6/c1-24-15-9-14(10-16(11-15)25-2)20-18(12-23)17-7-13(5-4-6-22)8-19(26-3)21(17)27-20/h4-5,7-11,22-23H,6,12H2,1-3H3/b5-4+. The van der Waals surface area contributed by atoms with E-state index >= 15 is 0 Å². The number of hydrogen-bond acceptors (Lipinski definition) is 6. The van der Waals surface area contributed by atoms with E-state index in [2.05, 4.69) is 0 Å². The van der Waals surface area contributed by atoms with E-state index in [1.54, 1.807) is 39.5 Å². The summed E-state index contributed by atoms with van der Waals surface area (Å²) in [5.74, 6) is 2.30. The molecule has 1 aromatic heterocycles. The number of hydrogen-bond donors (Lipinski definition) is 2. The van der Waals surface area contributed by atoms with Crippen molar-refractivity contribution >= 4 is 17.0 Å². The van der Waals surface area contributed by atoms with Gasteiger partial charge in [-0.05, 0) is 29.8 Å². The first-order chi connectivity index (χ1) is 13.1. The van der Waals surface area contributed by atoms with E-state index in [1.165, 1.54) is 0 Å². The molecule has 0 atom stereocenters. The fourth-order valence-electron chi connectivity index (χ4n) is 3.00. The largest absolute Gasteiger partial charge is 0.497 e. The van der Waals surface area contributed by atoms with E-state index in [-0.39, 0.29) is 13.2 Å². The van der Waals surface area contributed by atoms with Crippen molar-refractivity contribution in [3.8, 4) is 28.6 Å². The van der Waals surface area contributed by atoms with E-state index in [0.717, 1.165) is 16.5 Å². The van der Waals surface area contributed by atoms with Gasteiger partial charge in [0.05, 0.1) is 34.5 Å². The van der Waals surface area contributed by atoms with E-state index < -0.39 is 0 Å². The van der Waals surface area contributed by atoms with Gasteiger partial charge >= 0.3 is 0 Å². The average molecular weight is 370 g/mol. The van der Waals surface area contributed by atoms with Crippen molar-refractivity contribution < 1.29 is 28.8 Å². The molecule has 6 heteroatoms. The van der Waals surface area contributed by atoms with Gasteiger partial charge in [-0.2, -0.15) is 0 Å². The van der Waals surface area contributed by atoms with Gasteiger partial charge in [-0.1, -0.05) is 12.2 Å². The molecule has 0 aliphatic rings. The highest BCUT2D eigenvalue weighted by Crippen LogP contribution is 2.41. The van der Waals surface area contributed by atoms with Crippen LogP contribution in [-0.4, -0.2) is 38.1 Å². The summed E-state index contributed by atoms with van der Waals surface area (Å²) in [5.41, 5.74) is 2.73. The fraction of sp³-hybridized carbons (Fsp3) is 0.238. The highest BCUT2D eigenvalue weighted by molar-refractivity contribution is 5.93. The zero-order valence-corrected chi connectivity index (χ0v) is 15.5. The summed E-state index contributed by atoms with van der Waals surface area (Å²) in [7, 11) is 4.71. The summed E-state index contributed by atoms with van der Waals surface area (Å²) in [6.45, 7) is -0.272. The number of fused-ring (bicyclic) bond motifs is 1. The lowest BCUT2D eigenvalue weighted by Crippen LogP contribution is -1.90. The summed E-state index contributed by atoms with van der Waals surface area (Å²) in [6, 6.07) is 9.11. The Balaban J connectivity index is 2.27. The average Bonchev–Trinajstić information content (AvgIpc) is 3.09. The van der Waals surface area contributed by atoms with Gasteiger partial charge < -0.3 is 28.8 Å². The van der Waals surface area contributed by atoms with Crippen LogP contribution in [0, 0.1) is 0 Å². The number of ether oxygens (including phenoxy) is 3. The van der Waals surface area contributed by atoms with Crippen LogP contribution in [0.15, 0.2) is 40.8 Å². The van der Waals surface area contributed by atoms with Crippen LogP contribution in [0.3, 0.4) is 0 Å². The summed E-state index contributed by atoms with van der Waals surface area (Å²) in [6.07, 6.45) is 3.41.